The molecule has 0 bridgehead atoms. The van der Waals surface area contributed by atoms with Crippen LogP contribution in [0.5, 0.6) is 0 Å². The maximum absolute atomic E-state index is 11.6. The SMILES string of the molecule is CCCC(C)COC(=O)C1CSCC1O. The van der Waals surface area contributed by atoms with Gasteiger partial charge in [0.15, 0.2) is 0 Å². The van der Waals surface area contributed by atoms with Gasteiger partial charge in [-0.2, -0.15) is 11.8 Å². The molecular weight excluding hydrogens is 212 g/mol. The lowest BCUT2D eigenvalue weighted by molar-refractivity contribution is -0.151. The molecule has 1 heterocycles. The van der Waals surface area contributed by atoms with E-state index in [1.165, 1.54) is 0 Å². The second-order valence-electron chi connectivity index (χ2n) is 4.24. The highest BCUT2D eigenvalue weighted by Gasteiger charge is 2.33. The Kier molecular flexibility index (Phi) is 5.47. The molecule has 1 saturated heterocycles. The first-order chi connectivity index (χ1) is 7.15. The van der Waals surface area contributed by atoms with Crippen molar-refractivity contribution in [2.75, 3.05) is 18.1 Å². The highest BCUT2D eigenvalue weighted by molar-refractivity contribution is 7.99. The summed E-state index contributed by atoms with van der Waals surface area (Å²) in [5.74, 6) is 1.25. The maximum Gasteiger partial charge on any atom is 0.312 e. The van der Waals surface area contributed by atoms with Crippen molar-refractivity contribution in [3.63, 3.8) is 0 Å². The number of esters is 1. The van der Waals surface area contributed by atoms with Crippen molar-refractivity contribution in [1.82, 2.24) is 0 Å². The van der Waals surface area contributed by atoms with Gasteiger partial charge in [0, 0.05) is 11.5 Å². The van der Waals surface area contributed by atoms with Crippen LogP contribution >= 0.6 is 11.8 Å². The van der Waals surface area contributed by atoms with Crippen molar-refractivity contribution in [1.29, 1.82) is 0 Å². The molecule has 3 nitrogen and oxygen atoms in total. The summed E-state index contributed by atoms with van der Waals surface area (Å²) in [6, 6.07) is 0. The van der Waals surface area contributed by atoms with Crippen molar-refractivity contribution < 1.29 is 14.6 Å². The minimum atomic E-state index is -0.510. The molecule has 0 aromatic heterocycles. The van der Waals surface area contributed by atoms with Gasteiger partial charge < -0.3 is 9.84 Å². The molecule has 3 atom stereocenters. The number of carbonyl (C=O) groups is 1. The summed E-state index contributed by atoms with van der Waals surface area (Å²) in [5, 5.41) is 9.51. The number of thioether (sulfide) groups is 1. The summed E-state index contributed by atoms with van der Waals surface area (Å²) in [5.41, 5.74) is 0. The van der Waals surface area contributed by atoms with Crippen molar-refractivity contribution in [3.8, 4) is 0 Å². The van der Waals surface area contributed by atoms with E-state index in [4.69, 9.17) is 4.74 Å². The molecule has 4 heteroatoms. The molecule has 88 valence electrons. The first-order valence-electron chi connectivity index (χ1n) is 5.57. The van der Waals surface area contributed by atoms with E-state index < -0.39 is 6.10 Å². The summed E-state index contributed by atoms with van der Waals surface area (Å²) in [6.45, 7) is 4.69. The third-order valence-corrected chi connectivity index (χ3v) is 3.82. The minimum Gasteiger partial charge on any atom is -0.465 e. The van der Waals surface area contributed by atoms with Crippen LogP contribution in [0.2, 0.25) is 0 Å². The van der Waals surface area contributed by atoms with Crippen LogP contribution in [-0.2, 0) is 9.53 Å². The van der Waals surface area contributed by atoms with Gasteiger partial charge in [0.05, 0.1) is 18.6 Å². The summed E-state index contributed by atoms with van der Waals surface area (Å²) in [6.07, 6.45) is 1.68. The Morgan fingerprint density at radius 3 is 2.87 bits per heavy atom. The first kappa shape index (κ1) is 12.8. The average Bonchev–Trinajstić information content (AvgIpc) is 2.61. The highest BCUT2D eigenvalue weighted by Crippen LogP contribution is 2.25. The Morgan fingerprint density at radius 1 is 1.60 bits per heavy atom. The molecule has 0 aromatic rings. The second-order valence-corrected chi connectivity index (χ2v) is 5.31. The Labute approximate surface area is 95.6 Å². The van der Waals surface area contributed by atoms with E-state index in [-0.39, 0.29) is 11.9 Å². The van der Waals surface area contributed by atoms with Gasteiger partial charge in [-0.3, -0.25) is 4.79 Å². The molecule has 0 spiro atoms. The second kappa shape index (κ2) is 6.38. The number of aliphatic hydroxyl groups excluding tert-OH is 1. The van der Waals surface area contributed by atoms with Crippen LogP contribution in [0.4, 0.5) is 0 Å². The van der Waals surface area contributed by atoms with E-state index in [0.717, 1.165) is 12.8 Å². The summed E-state index contributed by atoms with van der Waals surface area (Å²) in [4.78, 5) is 11.6. The fourth-order valence-electron chi connectivity index (χ4n) is 1.68. The molecule has 0 aliphatic carbocycles. The maximum atomic E-state index is 11.6. The molecule has 0 amide bonds. The van der Waals surface area contributed by atoms with Gasteiger partial charge in [0.2, 0.25) is 0 Å². The number of hydrogen-bond acceptors (Lipinski definition) is 4. The Balaban J connectivity index is 2.23. The molecule has 1 rings (SSSR count). The van der Waals surface area contributed by atoms with Crippen LogP contribution in [0.15, 0.2) is 0 Å². The third kappa shape index (κ3) is 4.03. The van der Waals surface area contributed by atoms with E-state index in [1.54, 1.807) is 11.8 Å². The third-order valence-electron chi connectivity index (χ3n) is 2.64. The van der Waals surface area contributed by atoms with Gasteiger partial charge in [-0.05, 0) is 12.3 Å². The van der Waals surface area contributed by atoms with Crippen LogP contribution in [0.25, 0.3) is 0 Å². The largest absolute Gasteiger partial charge is 0.465 e. The lowest BCUT2D eigenvalue weighted by atomic mass is 10.1. The number of aliphatic hydroxyl groups is 1. The van der Waals surface area contributed by atoms with Gasteiger partial charge >= 0.3 is 5.97 Å². The molecule has 1 fully saturated rings. The molecule has 15 heavy (non-hydrogen) atoms. The van der Waals surface area contributed by atoms with Crippen LogP contribution in [0.1, 0.15) is 26.7 Å². The molecule has 1 N–H and O–H groups in total. The van der Waals surface area contributed by atoms with Crippen LogP contribution in [0.3, 0.4) is 0 Å². The fourth-order valence-corrected chi connectivity index (χ4v) is 2.90. The standard InChI is InChI=1S/C11H20O3S/c1-3-4-8(2)5-14-11(13)9-6-15-7-10(9)12/h8-10,12H,3-7H2,1-2H3. The van der Waals surface area contributed by atoms with E-state index in [1.807, 2.05) is 0 Å². The Hall–Kier alpha value is -0.220. The molecule has 0 radical (unpaired) electrons. The molecule has 0 saturated carbocycles. The Morgan fingerprint density at radius 2 is 2.33 bits per heavy atom. The first-order valence-corrected chi connectivity index (χ1v) is 6.73. The molecule has 1 aliphatic heterocycles. The zero-order valence-corrected chi connectivity index (χ0v) is 10.3. The van der Waals surface area contributed by atoms with Gasteiger partial charge in [0.1, 0.15) is 0 Å². The quantitative estimate of drug-likeness (QED) is 0.733. The average molecular weight is 232 g/mol. The van der Waals surface area contributed by atoms with Crippen molar-refractivity contribution in [3.05, 3.63) is 0 Å². The fraction of sp³-hybridized carbons (Fsp3) is 0.909. The molecule has 0 aromatic carbocycles. The lowest BCUT2D eigenvalue weighted by Gasteiger charge is -2.15. The number of rotatable bonds is 5. The predicted octanol–water partition coefficient (Wildman–Crippen LogP) is 1.69. The van der Waals surface area contributed by atoms with E-state index in [9.17, 15) is 9.90 Å². The van der Waals surface area contributed by atoms with Crippen molar-refractivity contribution in [2.45, 2.75) is 32.8 Å². The van der Waals surface area contributed by atoms with Crippen LogP contribution in [0, 0.1) is 11.8 Å². The molecule has 1 aliphatic rings. The molecule has 3 unspecified atom stereocenters. The number of ether oxygens (including phenoxy) is 1. The van der Waals surface area contributed by atoms with Gasteiger partial charge in [-0.25, -0.2) is 0 Å². The van der Waals surface area contributed by atoms with Crippen molar-refractivity contribution in [2.24, 2.45) is 11.8 Å². The molecular formula is C11H20O3S. The zero-order chi connectivity index (χ0) is 11.3. The van der Waals surface area contributed by atoms with Crippen LogP contribution in [-0.4, -0.2) is 35.3 Å². The lowest BCUT2D eigenvalue weighted by Crippen LogP contribution is -2.29. The predicted molar refractivity (Wildman–Crippen MR) is 61.9 cm³/mol. The number of carbonyl (C=O) groups excluding carboxylic acids is 1. The van der Waals surface area contributed by atoms with E-state index in [0.29, 0.717) is 24.0 Å². The van der Waals surface area contributed by atoms with Gasteiger partial charge in [-0.1, -0.05) is 20.3 Å². The normalized spacial score (nSPS) is 27.7. The minimum absolute atomic E-state index is 0.226. The topological polar surface area (TPSA) is 46.5 Å². The van der Waals surface area contributed by atoms with Gasteiger partial charge in [0.25, 0.3) is 0 Å². The summed E-state index contributed by atoms with van der Waals surface area (Å²) < 4.78 is 5.20. The highest BCUT2D eigenvalue weighted by atomic mass is 32.2. The Bertz CT molecular complexity index is 208. The van der Waals surface area contributed by atoms with E-state index >= 15 is 0 Å². The number of hydrogen-bond donors (Lipinski definition) is 1. The summed E-state index contributed by atoms with van der Waals surface area (Å²) >= 11 is 1.61. The van der Waals surface area contributed by atoms with Crippen molar-refractivity contribution >= 4 is 17.7 Å². The van der Waals surface area contributed by atoms with Crippen LogP contribution < -0.4 is 0 Å². The smallest absolute Gasteiger partial charge is 0.312 e. The van der Waals surface area contributed by atoms with E-state index in [2.05, 4.69) is 13.8 Å². The van der Waals surface area contributed by atoms with Gasteiger partial charge in [-0.15, -0.1) is 0 Å². The monoisotopic (exact) mass is 232 g/mol. The summed E-state index contributed by atoms with van der Waals surface area (Å²) in [7, 11) is 0. The zero-order valence-electron chi connectivity index (χ0n) is 9.44.